The first kappa shape index (κ1) is 15.4. The van der Waals surface area contributed by atoms with Gasteiger partial charge in [-0.2, -0.15) is 5.26 Å². The summed E-state index contributed by atoms with van der Waals surface area (Å²) in [5.41, 5.74) is 0. The smallest absolute Gasteiger partial charge is 0.227 e. The maximum Gasteiger partial charge on any atom is 0.227 e. The van der Waals surface area contributed by atoms with Crippen LogP contribution in [0.5, 0.6) is 0 Å². The summed E-state index contributed by atoms with van der Waals surface area (Å²) in [7, 11) is 0.510. The van der Waals surface area contributed by atoms with Crippen molar-refractivity contribution >= 4 is 10.0 Å². The number of nitrogens with one attached hydrogen (secondary N) is 1. The summed E-state index contributed by atoms with van der Waals surface area (Å²) >= 11 is 0. The first-order chi connectivity index (χ1) is 7.44. The molecule has 0 saturated carbocycles. The second-order valence-electron chi connectivity index (χ2n) is 3.98. The van der Waals surface area contributed by atoms with Gasteiger partial charge in [-0.3, -0.25) is 0 Å². The lowest BCUT2D eigenvalue weighted by molar-refractivity contribution is 0.394. The lowest BCUT2D eigenvalue weighted by Gasteiger charge is -2.11. The Kier molecular flexibility index (Phi) is 7.30. The van der Waals surface area contributed by atoms with Gasteiger partial charge in [0.05, 0.1) is 6.07 Å². The Morgan fingerprint density at radius 2 is 2.00 bits per heavy atom. The van der Waals surface area contributed by atoms with Crippen LogP contribution in [0, 0.1) is 11.3 Å². The normalized spacial score (nSPS) is 13.7. The summed E-state index contributed by atoms with van der Waals surface area (Å²) in [5, 5.41) is 7.73. The van der Waals surface area contributed by atoms with Gasteiger partial charge in [-0.05, 0) is 39.9 Å². The first-order valence-corrected chi connectivity index (χ1v) is 7.01. The average molecular weight is 247 g/mol. The number of nitrogens with zero attached hydrogens (tertiary/aromatic N) is 2. The lowest BCUT2D eigenvalue weighted by Crippen LogP contribution is -2.34. The monoisotopic (exact) mass is 247 g/mol. The van der Waals surface area contributed by atoms with Gasteiger partial charge in [0.2, 0.25) is 10.0 Å². The summed E-state index contributed by atoms with van der Waals surface area (Å²) in [6.07, 6.45) is 2.06. The molecule has 0 bridgehead atoms. The van der Waals surface area contributed by atoms with E-state index in [1.807, 2.05) is 14.1 Å². The molecule has 94 valence electrons. The molecule has 5 nitrogen and oxygen atoms in total. The molecule has 0 aliphatic rings. The van der Waals surface area contributed by atoms with Crippen molar-refractivity contribution in [3.8, 4) is 6.07 Å². The van der Waals surface area contributed by atoms with E-state index < -0.39 is 15.3 Å². The van der Waals surface area contributed by atoms with E-state index in [1.54, 1.807) is 13.0 Å². The minimum absolute atomic E-state index is 0.323. The predicted molar refractivity (Wildman–Crippen MR) is 64.4 cm³/mol. The molecule has 0 heterocycles. The molecule has 0 aliphatic heterocycles. The Morgan fingerprint density at radius 3 is 2.44 bits per heavy atom. The van der Waals surface area contributed by atoms with Gasteiger partial charge in [0.15, 0.2) is 5.25 Å². The van der Waals surface area contributed by atoms with Gasteiger partial charge in [0, 0.05) is 6.54 Å². The molecule has 1 N–H and O–H groups in total. The second kappa shape index (κ2) is 7.60. The van der Waals surface area contributed by atoms with Gasteiger partial charge in [0.1, 0.15) is 0 Å². The van der Waals surface area contributed by atoms with Crippen molar-refractivity contribution in [1.29, 1.82) is 5.26 Å². The lowest BCUT2D eigenvalue weighted by atomic mass is 10.3. The summed E-state index contributed by atoms with van der Waals surface area (Å²) < 4.78 is 25.6. The molecule has 0 aliphatic carbocycles. The van der Waals surface area contributed by atoms with E-state index in [0.717, 1.165) is 19.4 Å². The van der Waals surface area contributed by atoms with E-state index in [4.69, 9.17) is 5.26 Å². The van der Waals surface area contributed by atoms with Gasteiger partial charge in [0.25, 0.3) is 0 Å². The van der Waals surface area contributed by atoms with Crippen molar-refractivity contribution in [2.75, 3.05) is 27.2 Å². The highest BCUT2D eigenvalue weighted by Gasteiger charge is 2.22. The zero-order valence-corrected chi connectivity index (χ0v) is 11.0. The third-order valence-corrected chi connectivity index (χ3v) is 4.02. The third-order valence-electron chi connectivity index (χ3n) is 2.22. The van der Waals surface area contributed by atoms with Crippen molar-refractivity contribution in [3.63, 3.8) is 0 Å². The first-order valence-electron chi connectivity index (χ1n) is 5.47. The van der Waals surface area contributed by atoms with Crippen molar-refractivity contribution in [3.05, 3.63) is 0 Å². The molecule has 0 amide bonds. The molecule has 0 aromatic rings. The summed E-state index contributed by atoms with van der Waals surface area (Å²) in [6.45, 7) is 3.05. The van der Waals surface area contributed by atoms with Crippen LogP contribution in [0.25, 0.3) is 0 Å². The van der Waals surface area contributed by atoms with Crippen LogP contribution in [0.2, 0.25) is 0 Å². The zero-order valence-electron chi connectivity index (χ0n) is 10.2. The molecule has 6 heteroatoms. The molecule has 16 heavy (non-hydrogen) atoms. The Bertz CT molecular complexity index is 319. The van der Waals surface area contributed by atoms with Crippen molar-refractivity contribution in [2.24, 2.45) is 0 Å². The summed E-state index contributed by atoms with van der Waals surface area (Å²) in [5.74, 6) is 0. The van der Waals surface area contributed by atoms with Crippen molar-refractivity contribution in [1.82, 2.24) is 9.62 Å². The molecule has 1 atom stereocenters. The zero-order chi connectivity index (χ0) is 12.6. The van der Waals surface area contributed by atoms with Gasteiger partial charge in [-0.25, -0.2) is 13.1 Å². The quantitative estimate of drug-likeness (QED) is 0.636. The van der Waals surface area contributed by atoms with Crippen LogP contribution in [0.15, 0.2) is 0 Å². The van der Waals surface area contributed by atoms with Gasteiger partial charge in [-0.1, -0.05) is 6.92 Å². The van der Waals surface area contributed by atoms with Crippen LogP contribution in [0.3, 0.4) is 0 Å². The number of hydrogen-bond acceptors (Lipinski definition) is 4. The average Bonchev–Trinajstić information content (AvgIpc) is 2.17. The van der Waals surface area contributed by atoms with Crippen LogP contribution in [-0.4, -0.2) is 45.8 Å². The molecule has 0 saturated heterocycles. The molecule has 0 aromatic heterocycles. The van der Waals surface area contributed by atoms with Crippen LogP contribution >= 0.6 is 0 Å². The Hall–Kier alpha value is -0.640. The fraction of sp³-hybridized carbons (Fsp3) is 0.900. The molecule has 0 aromatic carbocycles. The maximum absolute atomic E-state index is 11.5. The number of hydrogen-bond donors (Lipinski definition) is 1. The van der Waals surface area contributed by atoms with E-state index in [9.17, 15) is 8.42 Å². The minimum atomic E-state index is -3.45. The third kappa shape index (κ3) is 6.05. The molecular formula is C10H21N3O2S. The van der Waals surface area contributed by atoms with E-state index in [2.05, 4.69) is 9.62 Å². The minimum Gasteiger partial charge on any atom is -0.309 e. The predicted octanol–water partition coefficient (Wildman–Crippen LogP) is 0.550. The van der Waals surface area contributed by atoms with E-state index in [1.165, 1.54) is 0 Å². The fourth-order valence-corrected chi connectivity index (χ4v) is 2.46. The van der Waals surface area contributed by atoms with Gasteiger partial charge >= 0.3 is 0 Å². The SMILES string of the molecule is CCC(C#N)S(=O)(=O)NCCCCN(C)C. The van der Waals surface area contributed by atoms with Crippen molar-refractivity contribution in [2.45, 2.75) is 31.4 Å². The summed E-state index contributed by atoms with van der Waals surface area (Å²) in [6, 6.07) is 1.79. The molecule has 1 unspecified atom stereocenters. The second-order valence-corrected chi connectivity index (χ2v) is 5.92. The van der Waals surface area contributed by atoms with Crippen LogP contribution in [0.4, 0.5) is 0 Å². The fourth-order valence-electron chi connectivity index (χ4n) is 1.25. The number of unbranched alkanes of at least 4 members (excludes halogenated alkanes) is 1. The van der Waals surface area contributed by atoms with Gasteiger partial charge in [-0.15, -0.1) is 0 Å². The number of nitriles is 1. The standard InChI is InChI=1S/C10H21N3O2S/c1-4-10(9-11)16(14,15)12-7-5-6-8-13(2)3/h10,12H,4-8H2,1-3H3. The maximum atomic E-state index is 11.5. The van der Waals surface area contributed by atoms with Crippen LogP contribution in [0.1, 0.15) is 26.2 Å². The highest BCUT2D eigenvalue weighted by molar-refractivity contribution is 7.90. The van der Waals surface area contributed by atoms with E-state index >= 15 is 0 Å². The van der Waals surface area contributed by atoms with Gasteiger partial charge < -0.3 is 4.90 Å². The number of sulfonamides is 1. The molecule has 0 spiro atoms. The highest BCUT2D eigenvalue weighted by atomic mass is 32.2. The largest absolute Gasteiger partial charge is 0.309 e. The Morgan fingerprint density at radius 1 is 1.38 bits per heavy atom. The Labute approximate surface area is 98.5 Å². The topological polar surface area (TPSA) is 73.2 Å². The number of rotatable bonds is 8. The molecule has 0 rings (SSSR count). The summed E-state index contributed by atoms with van der Waals surface area (Å²) in [4.78, 5) is 2.05. The molecule has 0 fully saturated rings. The Balaban J connectivity index is 3.89. The van der Waals surface area contributed by atoms with Crippen LogP contribution in [-0.2, 0) is 10.0 Å². The highest BCUT2D eigenvalue weighted by Crippen LogP contribution is 2.02. The molecular weight excluding hydrogens is 226 g/mol. The van der Waals surface area contributed by atoms with E-state index in [0.29, 0.717) is 13.0 Å². The molecule has 0 radical (unpaired) electrons. The van der Waals surface area contributed by atoms with E-state index in [-0.39, 0.29) is 0 Å². The van der Waals surface area contributed by atoms with Crippen LogP contribution < -0.4 is 4.72 Å². The van der Waals surface area contributed by atoms with Crippen molar-refractivity contribution < 1.29 is 8.42 Å².